The van der Waals surface area contributed by atoms with Gasteiger partial charge in [-0.25, -0.2) is 4.79 Å². The molecule has 2 rings (SSSR count). The molecule has 1 heterocycles. The third kappa shape index (κ3) is 8.98. The molecule has 1 aromatic carbocycles. The number of hydrogen-bond donors (Lipinski definition) is 8. The Balaban J connectivity index is 2.05. The lowest BCUT2D eigenvalue weighted by molar-refractivity contribution is -0.147. The first-order chi connectivity index (χ1) is 17.6. The van der Waals surface area contributed by atoms with E-state index in [0.29, 0.717) is 5.75 Å². The average molecular weight is 554 g/mol. The molecule has 0 saturated heterocycles. The predicted molar refractivity (Wildman–Crippen MR) is 143 cm³/mol. The van der Waals surface area contributed by atoms with Gasteiger partial charge >= 0.3 is 11.9 Å². The molecule has 37 heavy (non-hydrogen) atoms. The highest BCUT2D eigenvalue weighted by Gasteiger charge is 2.30. The van der Waals surface area contributed by atoms with Gasteiger partial charge in [-0.05, 0) is 36.5 Å². The van der Waals surface area contributed by atoms with Crippen molar-refractivity contribution in [3.8, 4) is 0 Å². The molecule has 0 saturated carbocycles. The molecule has 14 heteroatoms. The fourth-order valence-electron chi connectivity index (χ4n) is 3.53. The van der Waals surface area contributed by atoms with Crippen molar-refractivity contribution in [2.75, 3.05) is 17.8 Å². The fraction of sp³-hybridized carbons (Fsp3) is 0.435. The number of carboxylic acid groups (broad SMARTS) is 2. The topological polar surface area (TPSA) is 204 Å². The van der Waals surface area contributed by atoms with Gasteiger partial charge in [-0.1, -0.05) is 18.2 Å². The Kier molecular flexibility index (Phi) is 11.8. The number of aliphatic carboxylic acids is 2. The molecular weight excluding hydrogens is 522 g/mol. The Morgan fingerprint density at radius 3 is 2.24 bits per heavy atom. The van der Waals surface area contributed by atoms with Crippen molar-refractivity contribution in [3.63, 3.8) is 0 Å². The number of nitrogens with two attached hydrogens (primary N) is 1. The van der Waals surface area contributed by atoms with Gasteiger partial charge < -0.3 is 36.9 Å². The number of thioether (sulfide) groups is 1. The molecule has 0 bridgehead atoms. The Morgan fingerprint density at radius 1 is 1.00 bits per heavy atom. The van der Waals surface area contributed by atoms with Crippen LogP contribution in [0.3, 0.4) is 0 Å². The summed E-state index contributed by atoms with van der Waals surface area (Å²) < 4.78 is 0. The number of aromatic nitrogens is 1. The summed E-state index contributed by atoms with van der Waals surface area (Å²) in [7, 11) is 0. The van der Waals surface area contributed by atoms with Crippen molar-refractivity contribution >= 4 is 65.0 Å². The summed E-state index contributed by atoms with van der Waals surface area (Å²) >= 11 is 5.49. The maximum Gasteiger partial charge on any atom is 0.326 e. The Morgan fingerprint density at radius 2 is 1.62 bits per heavy atom. The monoisotopic (exact) mass is 553 g/mol. The summed E-state index contributed by atoms with van der Waals surface area (Å²) in [6.45, 7) is 0. The van der Waals surface area contributed by atoms with E-state index in [4.69, 9.17) is 15.9 Å². The Hall–Kier alpha value is -3.23. The van der Waals surface area contributed by atoms with Crippen LogP contribution in [0.25, 0.3) is 10.9 Å². The number of carbonyl (C=O) groups excluding carboxylic acids is 3. The van der Waals surface area contributed by atoms with Crippen molar-refractivity contribution in [1.82, 2.24) is 20.9 Å². The number of H-pyrrole nitrogens is 1. The van der Waals surface area contributed by atoms with E-state index in [2.05, 4.69) is 33.6 Å². The summed E-state index contributed by atoms with van der Waals surface area (Å²) in [4.78, 5) is 63.6. The van der Waals surface area contributed by atoms with Crippen LogP contribution in [-0.4, -0.2) is 86.8 Å². The molecule has 202 valence electrons. The zero-order valence-electron chi connectivity index (χ0n) is 20.1. The van der Waals surface area contributed by atoms with Gasteiger partial charge in [0.15, 0.2) is 0 Å². The van der Waals surface area contributed by atoms with Gasteiger partial charge in [0.2, 0.25) is 17.7 Å². The highest BCUT2D eigenvalue weighted by Crippen LogP contribution is 2.18. The minimum absolute atomic E-state index is 0.194. The molecule has 4 atom stereocenters. The number of aromatic amines is 1. The predicted octanol–water partition coefficient (Wildman–Crippen LogP) is -0.266. The van der Waals surface area contributed by atoms with E-state index in [9.17, 15) is 24.0 Å². The molecule has 0 aliphatic heterocycles. The van der Waals surface area contributed by atoms with Crippen LogP contribution in [-0.2, 0) is 30.4 Å². The van der Waals surface area contributed by atoms with E-state index in [1.807, 2.05) is 30.5 Å². The summed E-state index contributed by atoms with van der Waals surface area (Å²) in [5.41, 5.74) is 7.89. The van der Waals surface area contributed by atoms with Crippen LogP contribution in [0.1, 0.15) is 18.4 Å². The zero-order valence-corrected chi connectivity index (χ0v) is 21.8. The standard InChI is InChI=1S/C23H31N5O7S2/c1-37-7-6-16(21(32)28-18(11-36)22(33)27-17(23(34)35)9-19(29)30)26-20(31)14(24)8-12-10-25-15-5-3-2-4-13(12)15/h2-5,10,14,16-18,25,36H,6-9,11,24H2,1H3,(H,26,31)(H,27,33)(H,28,32)(H,29,30)(H,34,35). The van der Waals surface area contributed by atoms with Gasteiger partial charge in [0.1, 0.15) is 18.1 Å². The Labute approximate surface area is 222 Å². The van der Waals surface area contributed by atoms with Gasteiger partial charge in [0, 0.05) is 22.9 Å². The van der Waals surface area contributed by atoms with E-state index in [-0.39, 0.29) is 18.6 Å². The van der Waals surface area contributed by atoms with Crippen LogP contribution in [0.2, 0.25) is 0 Å². The maximum atomic E-state index is 13.0. The van der Waals surface area contributed by atoms with Crippen LogP contribution in [0.5, 0.6) is 0 Å². The Bertz CT molecular complexity index is 1130. The van der Waals surface area contributed by atoms with Gasteiger partial charge in [-0.15, -0.1) is 0 Å². The lowest BCUT2D eigenvalue weighted by Gasteiger charge is -2.24. The number of thiol groups is 1. The third-order valence-electron chi connectivity index (χ3n) is 5.50. The van der Waals surface area contributed by atoms with Gasteiger partial charge in [-0.3, -0.25) is 19.2 Å². The molecule has 4 unspecified atom stereocenters. The van der Waals surface area contributed by atoms with E-state index < -0.39 is 60.2 Å². The van der Waals surface area contributed by atoms with Crippen molar-refractivity contribution in [3.05, 3.63) is 36.0 Å². The number of carboxylic acids is 2. The van der Waals surface area contributed by atoms with Crippen molar-refractivity contribution in [1.29, 1.82) is 0 Å². The highest BCUT2D eigenvalue weighted by atomic mass is 32.2. The molecule has 2 aromatic rings. The first-order valence-electron chi connectivity index (χ1n) is 11.3. The number of rotatable bonds is 15. The second kappa shape index (κ2) is 14.5. The van der Waals surface area contributed by atoms with Crippen LogP contribution in [0.4, 0.5) is 0 Å². The van der Waals surface area contributed by atoms with Crippen molar-refractivity contribution in [2.24, 2.45) is 5.73 Å². The van der Waals surface area contributed by atoms with E-state index >= 15 is 0 Å². The van der Waals surface area contributed by atoms with Crippen LogP contribution in [0, 0.1) is 0 Å². The van der Waals surface area contributed by atoms with E-state index in [1.54, 1.807) is 6.20 Å². The molecule has 0 aliphatic rings. The summed E-state index contributed by atoms with van der Waals surface area (Å²) in [5, 5.41) is 26.1. The number of para-hydroxylation sites is 1. The van der Waals surface area contributed by atoms with Crippen LogP contribution in [0.15, 0.2) is 30.5 Å². The molecule has 0 radical (unpaired) electrons. The summed E-state index contributed by atoms with van der Waals surface area (Å²) in [5.74, 6) is -4.76. The summed E-state index contributed by atoms with van der Waals surface area (Å²) in [6, 6.07) is 2.67. The number of benzene rings is 1. The number of hydrogen-bond acceptors (Lipinski definition) is 8. The lowest BCUT2D eigenvalue weighted by Crippen LogP contribution is -2.58. The molecule has 3 amide bonds. The first-order valence-corrected chi connectivity index (χ1v) is 13.4. The van der Waals surface area contributed by atoms with Crippen LogP contribution >= 0.6 is 24.4 Å². The van der Waals surface area contributed by atoms with Gasteiger partial charge in [-0.2, -0.15) is 24.4 Å². The first kappa shape index (κ1) is 30.0. The number of carbonyl (C=O) groups is 5. The molecule has 0 aliphatic carbocycles. The number of nitrogens with one attached hydrogen (secondary N) is 4. The minimum Gasteiger partial charge on any atom is -0.481 e. The molecule has 8 N–H and O–H groups in total. The number of fused-ring (bicyclic) bond motifs is 1. The van der Waals surface area contributed by atoms with Crippen molar-refractivity contribution < 1.29 is 34.2 Å². The molecule has 0 fully saturated rings. The smallest absolute Gasteiger partial charge is 0.326 e. The zero-order chi connectivity index (χ0) is 27.5. The maximum absolute atomic E-state index is 13.0. The van der Waals surface area contributed by atoms with Gasteiger partial charge in [0.25, 0.3) is 0 Å². The second-order valence-corrected chi connectivity index (χ2v) is 9.60. The third-order valence-corrected chi connectivity index (χ3v) is 6.51. The lowest BCUT2D eigenvalue weighted by atomic mass is 10.0. The average Bonchev–Trinajstić information content (AvgIpc) is 3.26. The van der Waals surface area contributed by atoms with Crippen molar-refractivity contribution in [2.45, 2.75) is 43.4 Å². The molecule has 12 nitrogen and oxygen atoms in total. The molecular formula is C23H31N5O7S2. The second-order valence-electron chi connectivity index (χ2n) is 8.25. The quantitative estimate of drug-likeness (QED) is 0.137. The van der Waals surface area contributed by atoms with Gasteiger partial charge in [0.05, 0.1) is 12.5 Å². The van der Waals surface area contributed by atoms with Crippen LogP contribution < -0.4 is 21.7 Å². The molecule has 1 aromatic heterocycles. The SMILES string of the molecule is CSCCC(NC(=O)C(N)Cc1c[nH]c2ccccc12)C(=O)NC(CS)C(=O)NC(CC(=O)O)C(=O)O. The number of amides is 3. The molecule has 0 spiro atoms. The summed E-state index contributed by atoms with van der Waals surface area (Å²) in [6.07, 6.45) is 3.25. The van der Waals surface area contributed by atoms with E-state index in [1.165, 1.54) is 11.8 Å². The minimum atomic E-state index is -1.68. The fourth-order valence-corrected chi connectivity index (χ4v) is 4.26. The van der Waals surface area contributed by atoms with E-state index in [0.717, 1.165) is 16.5 Å². The largest absolute Gasteiger partial charge is 0.481 e. The highest BCUT2D eigenvalue weighted by molar-refractivity contribution is 7.98. The normalized spacial score (nSPS) is 14.2.